The Hall–Kier alpha value is -4.20. The summed E-state index contributed by atoms with van der Waals surface area (Å²) in [6.07, 6.45) is 7.11. The lowest BCUT2D eigenvalue weighted by atomic mass is 9.94. The molecule has 0 saturated heterocycles. The topological polar surface area (TPSA) is 97.5 Å². The van der Waals surface area contributed by atoms with Crippen LogP contribution in [0.1, 0.15) is 70.2 Å². The molecule has 0 atom stereocenters. The summed E-state index contributed by atoms with van der Waals surface area (Å²) in [7, 11) is 0. The summed E-state index contributed by atoms with van der Waals surface area (Å²) in [5, 5.41) is 9.10. The number of pyridine rings is 1. The summed E-state index contributed by atoms with van der Waals surface area (Å²) < 4.78 is 7.15. The molecule has 1 amide bonds. The van der Waals surface area contributed by atoms with Gasteiger partial charge in [0.2, 0.25) is 5.91 Å². The van der Waals surface area contributed by atoms with Crippen LogP contribution in [-0.4, -0.2) is 37.7 Å². The van der Waals surface area contributed by atoms with E-state index in [0.29, 0.717) is 23.7 Å². The fraction of sp³-hybridized carbons (Fsp3) is 0.375. The van der Waals surface area contributed by atoms with Crippen LogP contribution in [0.5, 0.6) is 5.75 Å². The number of fused-ring (bicyclic) bond motifs is 1. The fourth-order valence-corrected chi connectivity index (χ4v) is 5.67. The molecule has 5 rings (SSSR count). The average Bonchev–Trinajstić information content (AvgIpc) is 3.29. The fourth-order valence-electron chi connectivity index (χ4n) is 5.67. The molecule has 2 aromatic heterocycles. The van der Waals surface area contributed by atoms with Gasteiger partial charge >= 0.3 is 6.16 Å². The Bertz CT molecular complexity index is 1490. The van der Waals surface area contributed by atoms with Gasteiger partial charge in [-0.1, -0.05) is 75.1 Å². The second kappa shape index (κ2) is 12.3. The largest absolute Gasteiger partial charge is 0.511 e. The third kappa shape index (κ3) is 6.01. The third-order valence-corrected chi connectivity index (χ3v) is 7.63. The smallest absolute Gasteiger partial charge is 0.449 e. The van der Waals surface area contributed by atoms with Crippen molar-refractivity contribution in [1.82, 2.24) is 14.5 Å². The van der Waals surface area contributed by atoms with Gasteiger partial charge in [0, 0.05) is 24.9 Å². The van der Waals surface area contributed by atoms with Crippen molar-refractivity contribution in [3.8, 4) is 16.9 Å². The first kappa shape index (κ1) is 27.4. The van der Waals surface area contributed by atoms with Crippen LogP contribution in [0, 0.1) is 0 Å². The second-order valence-electron chi connectivity index (χ2n) is 10.5. The molecule has 0 aliphatic heterocycles. The number of aryl methyl sites for hydroxylation is 1. The maximum Gasteiger partial charge on any atom is 0.511 e. The molecule has 40 heavy (non-hydrogen) atoms. The van der Waals surface area contributed by atoms with Crippen molar-refractivity contribution in [3.63, 3.8) is 0 Å². The van der Waals surface area contributed by atoms with Crippen LogP contribution in [-0.2, 0) is 17.8 Å². The number of anilines is 1. The maximum atomic E-state index is 12.8. The van der Waals surface area contributed by atoms with Crippen molar-refractivity contribution >= 4 is 29.0 Å². The quantitative estimate of drug-likeness (QED) is 0.178. The van der Waals surface area contributed by atoms with E-state index < -0.39 is 6.16 Å². The number of unbranched alkanes of at least 4 members (excludes halogenated alkanes) is 1. The number of aromatic nitrogens is 3. The minimum atomic E-state index is -1.34. The summed E-state index contributed by atoms with van der Waals surface area (Å²) in [6.45, 7) is 4.39. The van der Waals surface area contributed by atoms with Gasteiger partial charge in [-0.25, -0.2) is 14.8 Å². The van der Waals surface area contributed by atoms with E-state index in [1.54, 1.807) is 19.1 Å². The number of hydrogen-bond donors (Lipinski definition) is 1. The molecular weight excluding hydrogens is 504 g/mol. The summed E-state index contributed by atoms with van der Waals surface area (Å²) in [5.41, 5.74) is 4.27. The molecular formula is C32H36N4O4. The van der Waals surface area contributed by atoms with E-state index in [4.69, 9.17) is 19.8 Å². The van der Waals surface area contributed by atoms with Crippen LogP contribution < -0.4 is 9.64 Å². The third-order valence-electron chi connectivity index (χ3n) is 7.63. The number of imidazole rings is 1. The minimum absolute atomic E-state index is 0.0266. The Labute approximate surface area is 234 Å². The Morgan fingerprint density at radius 1 is 1.00 bits per heavy atom. The normalized spacial score (nSPS) is 13.8. The number of benzene rings is 2. The van der Waals surface area contributed by atoms with Crippen molar-refractivity contribution in [3.05, 3.63) is 72.1 Å². The molecule has 0 radical (unpaired) electrons. The van der Waals surface area contributed by atoms with E-state index in [9.17, 15) is 9.59 Å². The number of carbonyl (C=O) groups excluding carboxylic acids is 1. The van der Waals surface area contributed by atoms with E-state index in [-0.39, 0.29) is 11.9 Å². The summed E-state index contributed by atoms with van der Waals surface area (Å²) in [6, 6.07) is 19.2. The van der Waals surface area contributed by atoms with Crippen LogP contribution in [0.2, 0.25) is 0 Å². The minimum Gasteiger partial charge on any atom is -0.449 e. The van der Waals surface area contributed by atoms with Crippen LogP contribution in [0.25, 0.3) is 22.3 Å². The van der Waals surface area contributed by atoms with Crippen molar-refractivity contribution in [2.45, 2.75) is 77.8 Å². The van der Waals surface area contributed by atoms with Gasteiger partial charge in [0.1, 0.15) is 22.9 Å². The highest BCUT2D eigenvalue weighted by molar-refractivity contribution is 5.92. The van der Waals surface area contributed by atoms with Gasteiger partial charge in [0.05, 0.1) is 6.54 Å². The van der Waals surface area contributed by atoms with Crippen molar-refractivity contribution in [1.29, 1.82) is 0 Å². The van der Waals surface area contributed by atoms with Gasteiger partial charge < -0.3 is 14.4 Å². The number of nitrogens with zero attached hydrogens (tertiary/aromatic N) is 4. The first-order valence-corrected chi connectivity index (χ1v) is 14.2. The molecule has 4 aromatic rings. The first-order chi connectivity index (χ1) is 19.4. The average molecular weight is 541 g/mol. The lowest BCUT2D eigenvalue weighted by Gasteiger charge is -2.32. The molecule has 2 heterocycles. The predicted molar refractivity (Wildman–Crippen MR) is 156 cm³/mol. The number of carbonyl (C=O) groups is 2. The number of para-hydroxylation sites is 1. The molecule has 1 N–H and O–H groups in total. The standard InChI is InChI=1S/C32H36N4O4/c1-3-4-14-29-33-27-19-20-30(36(22(2)37)25-10-6-5-7-11-25)34-31(27)35(29)21-23-15-17-24(18-16-23)26-12-8-9-13-28(26)40-32(38)39/h8-9,12-13,15-20,25H,3-7,10-11,14,21H2,1-2H3,(H,38,39). The number of hydrogen-bond acceptors (Lipinski definition) is 5. The zero-order valence-corrected chi connectivity index (χ0v) is 23.2. The van der Waals surface area contributed by atoms with Crippen LogP contribution in [0.4, 0.5) is 10.6 Å². The van der Waals surface area contributed by atoms with Gasteiger partial charge in [-0.3, -0.25) is 9.69 Å². The summed E-state index contributed by atoms with van der Waals surface area (Å²) in [5.74, 6) is 2.01. The molecule has 208 valence electrons. The highest BCUT2D eigenvalue weighted by Gasteiger charge is 2.26. The molecule has 0 bridgehead atoms. The Morgan fingerprint density at radius 2 is 1.75 bits per heavy atom. The lowest BCUT2D eigenvalue weighted by Crippen LogP contribution is -2.40. The van der Waals surface area contributed by atoms with E-state index in [1.165, 1.54) is 6.42 Å². The van der Waals surface area contributed by atoms with E-state index >= 15 is 0 Å². The monoisotopic (exact) mass is 540 g/mol. The van der Waals surface area contributed by atoms with Crippen LogP contribution in [0.3, 0.4) is 0 Å². The zero-order valence-electron chi connectivity index (χ0n) is 23.2. The number of amides is 1. The molecule has 1 fully saturated rings. The highest BCUT2D eigenvalue weighted by atomic mass is 16.7. The van der Waals surface area contributed by atoms with Gasteiger partial charge in [-0.05, 0) is 48.6 Å². The molecule has 1 aliphatic carbocycles. The van der Waals surface area contributed by atoms with Gasteiger partial charge in [0.25, 0.3) is 0 Å². The highest BCUT2D eigenvalue weighted by Crippen LogP contribution is 2.31. The SMILES string of the molecule is CCCCc1nc2ccc(N(C(C)=O)C3CCCCC3)nc2n1Cc1ccc(-c2ccccc2OC(=O)O)cc1. The Morgan fingerprint density at radius 3 is 2.45 bits per heavy atom. The lowest BCUT2D eigenvalue weighted by molar-refractivity contribution is -0.117. The van der Waals surface area contributed by atoms with E-state index in [2.05, 4.69) is 11.5 Å². The maximum absolute atomic E-state index is 12.8. The summed E-state index contributed by atoms with van der Waals surface area (Å²) >= 11 is 0. The molecule has 0 unspecified atom stereocenters. The van der Waals surface area contributed by atoms with Gasteiger partial charge in [-0.2, -0.15) is 0 Å². The second-order valence-corrected chi connectivity index (χ2v) is 10.5. The van der Waals surface area contributed by atoms with Gasteiger partial charge in [-0.15, -0.1) is 0 Å². The van der Waals surface area contributed by atoms with Crippen molar-refractivity contribution in [2.24, 2.45) is 0 Å². The van der Waals surface area contributed by atoms with E-state index in [0.717, 1.165) is 73.1 Å². The van der Waals surface area contributed by atoms with Crippen molar-refractivity contribution in [2.75, 3.05) is 4.90 Å². The van der Waals surface area contributed by atoms with Gasteiger partial charge in [0.15, 0.2) is 5.65 Å². The predicted octanol–water partition coefficient (Wildman–Crippen LogP) is 7.23. The first-order valence-electron chi connectivity index (χ1n) is 14.2. The van der Waals surface area contributed by atoms with Crippen LogP contribution >= 0.6 is 0 Å². The summed E-state index contributed by atoms with van der Waals surface area (Å²) in [4.78, 5) is 35.7. The van der Waals surface area contributed by atoms with Crippen molar-refractivity contribution < 1.29 is 19.4 Å². The molecule has 2 aromatic carbocycles. The number of carboxylic acid groups (broad SMARTS) is 1. The molecule has 8 nitrogen and oxygen atoms in total. The molecule has 8 heteroatoms. The number of ether oxygens (including phenoxy) is 1. The molecule has 1 saturated carbocycles. The Kier molecular flexibility index (Phi) is 8.43. The Balaban J connectivity index is 1.48. The van der Waals surface area contributed by atoms with Crippen LogP contribution in [0.15, 0.2) is 60.7 Å². The zero-order chi connectivity index (χ0) is 28.1. The van der Waals surface area contributed by atoms with E-state index in [1.807, 2.05) is 53.4 Å². The number of rotatable bonds is 9. The molecule has 0 spiro atoms. The molecule has 1 aliphatic rings.